The van der Waals surface area contributed by atoms with Gasteiger partial charge in [-0.2, -0.15) is 0 Å². The van der Waals surface area contributed by atoms with Crippen molar-refractivity contribution in [3.63, 3.8) is 0 Å². The van der Waals surface area contributed by atoms with Crippen LogP contribution in [0.2, 0.25) is 5.02 Å². The molecule has 1 aromatic carbocycles. The SMILES string of the molecule is COCCNCc1ncc(-c2cc(Cl)ccc2C)o1. The number of methoxy groups -OCH3 is 1. The van der Waals surface area contributed by atoms with Crippen molar-refractivity contribution in [2.75, 3.05) is 20.3 Å². The average molecular weight is 281 g/mol. The number of halogens is 1. The summed E-state index contributed by atoms with van der Waals surface area (Å²) in [4.78, 5) is 4.25. The van der Waals surface area contributed by atoms with Crippen LogP contribution in [-0.2, 0) is 11.3 Å². The summed E-state index contributed by atoms with van der Waals surface area (Å²) in [5.41, 5.74) is 2.09. The maximum Gasteiger partial charge on any atom is 0.208 e. The predicted octanol–water partition coefficient (Wildman–Crippen LogP) is 3.04. The van der Waals surface area contributed by atoms with Crippen LogP contribution < -0.4 is 5.32 Å². The molecule has 102 valence electrons. The zero-order valence-electron chi connectivity index (χ0n) is 11.1. The van der Waals surface area contributed by atoms with Crippen molar-refractivity contribution < 1.29 is 9.15 Å². The highest BCUT2D eigenvalue weighted by Gasteiger charge is 2.09. The summed E-state index contributed by atoms with van der Waals surface area (Å²) in [5.74, 6) is 1.40. The molecule has 19 heavy (non-hydrogen) atoms. The summed E-state index contributed by atoms with van der Waals surface area (Å²) in [6.45, 7) is 4.04. The first-order chi connectivity index (χ1) is 9.20. The topological polar surface area (TPSA) is 47.3 Å². The van der Waals surface area contributed by atoms with Gasteiger partial charge in [0.1, 0.15) is 0 Å². The van der Waals surface area contributed by atoms with Crippen molar-refractivity contribution in [3.8, 4) is 11.3 Å². The summed E-state index contributed by atoms with van der Waals surface area (Å²) in [6, 6.07) is 5.72. The Balaban J connectivity index is 2.06. The van der Waals surface area contributed by atoms with E-state index in [0.717, 1.165) is 23.4 Å². The van der Waals surface area contributed by atoms with Crippen LogP contribution in [0.3, 0.4) is 0 Å². The van der Waals surface area contributed by atoms with Crippen LogP contribution in [0.5, 0.6) is 0 Å². The number of hydrogen-bond acceptors (Lipinski definition) is 4. The Kier molecular flexibility index (Phi) is 4.96. The highest BCUT2D eigenvalue weighted by atomic mass is 35.5. The van der Waals surface area contributed by atoms with Crippen molar-refractivity contribution in [3.05, 3.63) is 40.9 Å². The van der Waals surface area contributed by atoms with Crippen molar-refractivity contribution in [1.29, 1.82) is 0 Å². The molecule has 0 aliphatic rings. The van der Waals surface area contributed by atoms with E-state index in [9.17, 15) is 0 Å². The molecule has 0 atom stereocenters. The third kappa shape index (κ3) is 3.80. The van der Waals surface area contributed by atoms with Crippen LogP contribution in [0.1, 0.15) is 11.5 Å². The van der Waals surface area contributed by atoms with Gasteiger partial charge < -0.3 is 14.5 Å². The zero-order valence-corrected chi connectivity index (χ0v) is 11.8. The normalized spacial score (nSPS) is 10.9. The molecule has 0 saturated carbocycles. The van der Waals surface area contributed by atoms with E-state index in [-0.39, 0.29) is 0 Å². The molecule has 5 heteroatoms. The van der Waals surface area contributed by atoms with E-state index in [1.54, 1.807) is 13.3 Å². The van der Waals surface area contributed by atoms with Crippen LogP contribution >= 0.6 is 11.6 Å². The fourth-order valence-corrected chi connectivity index (χ4v) is 1.92. The molecule has 1 aromatic heterocycles. The molecule has 4 nitrogen and oxygen atoms in total. The Morgan fingerprint density at radius 2 is 2.26 bits per heavy atom. The Hall–Kier alpha value is -1.36. The number of ether oxygens (including phenoxy) is 1. The number of aryl methyl sites for hydroxylation is 1. The lowest BCUT2D eigenvalue weighted by Crippen LogP contribution is -2.18. The molecular weight excluding hydrogens is 264 g/mol. The average Bonchev–Trinajstić information content (AvgIpc) is 2.86. The van der Waals surface area contributed by atoms with Gasteiger partial charge in [0, 0.05) is 24.2 Å². The van der Waals surface area contributed by atoms with Gasteiger partial charge >= 0.3 is 0 Å². The van der Waals surface area contributed by atoms with E-state index in [0.29, 0.717) is 24.1 Å². The maximum atomic E-state index is 6.00. The highest BCUT2D eigenvalue weighted by molar-refractivity contribution is 6.30. The van der Waals surface area contributed by atoms with Gasteiger partial charge in [0.2, 0.25) is 5.89 Å². The molecule has 0 bridgehead atoms. The molecule has 0 unspecified atom stereocenters. The van der Waals surface area contributed by atoms with Crippen LogP contribution in [0.25, 0.3) is 11.3 Å². The number of nitrogens with zero attached hydrogens (tertiary/aromatic N) is 1. The fourth-order valence-electron chi connectivity index (χ4n) is 1.75. The third-order valence-electron chi connectivity index (χ3n) is 2.78. The number of hydrogen-bond donors (Lipinski definition) is 1. The van der Waals surface area contributed by atoms with Crippen LogP contribution in [0.4, 0.5) is 0 Å². The van der Waals surface area contributed by atoms with E-state index in [1.165, 1.54) is 0 Å². The van der Waals surface area contributed by atoms with Gasteiger partial charge in [-0.25, -0.2) is 4.98 Å². The molecule has 2 rings (SSSR count). The quantitative estimate of drug-likeness (QED) is 0.826. The largest absolute Gasteiger partial charge is 0.439 e. The predicted molar refractivity (Wildman–Crippen MR) is 75.3 cm³/mol. The Labute approximate surface area is 117 Å². The minimum Gasteiger partial charge on any atom is -0.439 e. The first kappa shape index (κ1) is 14.1. The van der Waals surface area contributed by atoms with Gasteiger partial charge in [-0.1, -0.05) is 17.7 Å². The lowest BCUT2D eigenvalue weighted by molar-refractivity contribution is 0.198. The van der Waals surface area contributed by atoms with Gasteiger partial charge in [0.25, 0.3) is 0 Å². The van der Waals surface area contributed by atoms with Crippen molar-refractivity contribution >= 4 is 11.6 Å². The smallest absolute Gasteiger partial charge is 0.208 e. The number of benzene rings is 1. The Morgan fingerprint density at radius 3 is 3.05 bits per heavy atom. The van der Waals surface area contributed by atoms with Crippen LogP contribution in [0.15, 0.2) is 28.8 Å². The second-order valence-corrected chi connectivity index (χ2v) is 4.68. The van der Waals surface area contributed by atoms with Gasteiger partial charge in [0.05, 0.1) is 19.3 Å². The molecule has 0 amide bonds. The van der Waals surface area contributed by atoms with E-state index in [1.807, 2.05) is 25.1 Å². The summed E-state index contributed by atoms with van der Waals surface area (Å²) >= 11 is 6.00. The van der Waals surface area contributed by atoms with E-state index in [2.05, 4.69) is 10.3 Å². The molecule has 0 aliphatic heterocycles. The van der Waals surface area contributed by atoms with Crippen molar-refractivity contribution in [1.82, 2.24) is 10.3 Å². The fraction of sp³-hybridized carbons (Fsp3) is 0.357. The maximum absolute atomic E-state index is 6.00. The molecular formula is C14H17ClN2O2. The summed E-state index contributed by atoms with van der Waals surface area (Å²) < 4.78 is 10.7. The molecule has 1 heterocycles. The summed E-state index contributed by atoms with van der Waals surface area (Å²) in [6.07, 6.45) is 1.73. The number of nitrogens with one attached hydrogen (secondary N) is 1. The Bertz CT molecular complexity index is 540. The number of rotatable bonds is 6. The molecule has 0 radical (unpaired) electrons. The van der Waals surface area contributed by atoms with Gasteiger partial charge in [-0.05, 0) is 24.6 Å². The molecule has 0 spiro atoms. The van der Waals surface area contributed by atoms with Gasteiger partial charge in [-0.3, -0.25) is 0 Å². The second-order valence-electron chi connectivity index (χ2n) is 4.25. The van der Waals surface area contributed by atoms with E-state index in [4.69, 9.17) is 20.8 Å². The van der Waals surface area contributed by atoms with Crippen LogP contribution in [-0.4, -0.2) is 25.2 Å². The van der Waals surface area contributed by atoms with Gasteiger partial charge in [0.15, 0.2) is 5.76 Å². The van der Waals surface area contributed by atoms with Gasteiger partial charge in [-0.15, -0.1) is 0 Å². The summed E-state index contributed by atoms with van der Waals surface area (Å²) in [5, 5.41) is 3.88. The van der Waals surface area contributed by atoms with E-state index < -0.39 is 0 Å². The Morgan fingerprint density at radius 1 is 1.42 bits per heavy atom. The van der Waals surface area contributed by atoms with Crippen molar-refractivity contribution in [2.24, 2.45) is 0 Å². The van der Waals surface area contributed by atoms with Crippen molar-refractivity contribution in [2.45, 2.75) is 13.5 Å². The molecule has 0 fully saturated rings. The minimum atomic E-state index is 0.586. The van der Waals surface area contributed by atoms with Crippen LogP contribution in [0, 0.1) is 6.92 Å². The second kappa shape index (κ2) is 6.70. The third-order valence-corrected chi connectivity index (χ3v) is 3.01. The molecule has 2 aromatic rings. The highest BCUT2D eigenvalue weighted by Crippen LogP contribution is 2.27. The monoisotopic (exact) mass is 280 g/mol. The van der Waals surface area contributed by atoms with E-state index >= 15 is 0 Å². The zero-order chi connectivity index (χ0) is 13.7. The lowest BCUT2D eigenvalue weighted by Gasteiger charge is -2.03. The number of oxazole rings is 1. The summed E-state index contributed by atoms with van der Waals surface area (Å²) in [7, 11) is 1.67. The first-order valence-electron chi connectivity index (χ1n) is 6.11. The first-order valence-corrected chi connectivity index (χ1v) is 6.49. The lowest BCUT2D eigenvalue weighted by atomic mass is 10.1. The minimum absolute atomic E-state index is 0.586. The molecule has 1 N–H and O–H groups in total. The standard InChI is InChI=1S/C14H17ClN2O2/c1-10-3-4-11(15)7-12(10)13-8-17-14(19-13)9-16-5-6-18-2/h3-4,7-8,16H,5-6,9H2,1-2H3. The molecule has 0 aliphatic carbocycles. The number of aromatic nitrogens is 1. The molecule has 0 saturated heterocycles.